The molecular weight excluding hydrogens is 326 g/mol. The number of hydrogen-bond donors (Lipinski definition) is 2. The minimum Gasteiger partial charge on any atom is -0.396 e. The third-order valence-electron chi connectivity index (χ3n) is 5.23. The number of benzene rings is 1. The Morgan fingerprint density at radius 3 is 3.00 bits per heavy atom. The van der Waals surface area contributed by atoms with Crippen molar-refractivity contribution in [1.29, 1.82) is 0 Å². The Kier molecular flexibility index (Phi) is 6.22. The minimum atomic E-state index is -0.0375. The Bertz CT molecular complexity index is 775. The van der Waals surface area contributed by atoms with E-state index in [1.165, 1.54) is 5.56 Å². The Morgan fingerprint density at radius 2 is 2.23 bits per heavy atom. The topological polar surface area (TPSA) is 65.5 Å². The van der Waals surface area contributed by atoms with Crippen molar-refractivity contribution in [3.05, 3.63) is 41.1 Å². The van der Waals surface area contributed by atoms with Gasteiger partial charge >= 0.3 is 0 Å². The van der Waals surface area contributed by atoms with Crippen LogP contribution in [0.1, 0.15) is 41.4 Å². The summed E-state index contributed by atoms with van der Waals surface area (Å²) in [5.74, 6) is 0.336. The van der Waals surface area contributed by atoms with Gasteiger partial charge in [0.25, 0.3) is 5.91 Å². The molecule has 1 atom stereocenters. The van der Waals surface area contributed by atoms with E-state index in [-0.39, 0.29) is 12.5 Å². The van der Waals surface area contributed by atoms with E-state index in [1.54, 1.807) is 0 Å². The molecule has 140 valence electrons. The van der Waals surface area contributed by atoms with Crippen molar-refractivity contribution in [1.82, 2.24) is 15.2 Å². The first kappa shape index (κ1) is 18.8. The number of nitrogens with one attached hydrogen (secondary N) is 1. The number of aliphatic hydroxyl groups is 1. The van der Waals surface area contributed by atoms with Gasteiger partial charge in [-0.15, -0.1) is 0 Å². The SMILES string of the molecule is CCc1ccc2nc(C)cc(C(=O)NCCN3CCC[C@@H](CO)C3)c2c1. The maximum absolute atomic E-state index is 12.8. The van der Waals surface area contributed by atoms with Crippen LogP contribution in [0.3, 0.4) is 0 Å². The first-order chi connectivity index (χ1) is 12.6. The van der Waals surface area contributed by atoms with Crippen molar-refractivity contribution in [2.24, 2.45) is 5.92 Å². The summed E-state index contributed by atoms with van der Waals surface area (Å²) in [5.41, 5.74) is 3.64. The zero-order chi connectivity index (χ0) is 18.5. The van der Waals surface area contributed by atoms with Crippen molar-refractivity contribution in [3.63, 3.8) is 0 Å². The molecule has 1 aromatic heterocycles. The van der Waals surface area contributed by atoms with E-state index in [9.17, 15) is 9.90 Å². The molecule has 0 unspecified atom stereocenters. The molecule has 1 amide bonds. The van der Waals surface area contributed by atoms with Crippen LogP contribution in [0.4, 0.5) is 0 Å². The number of aryl methyl sites for hydroxylation is 2. The molecule has 3 rings (SSSR count). The zero-order valence-electron chi connectivity index (χ0n) is 15.8. The van der Waals surface area contributed by atoms with Crippen molar-refractivity contribution in [2.45, 2.75) is 33.1 Å². The molecule has 0 aliphatic carbocycles. The third kappa shape index (κ3) is 4.40. The van der Waals surface area contributed by atoms with Crippen LogP contribution in [-0.2, 0) is 6.42 Å². The number of aliphatic hydroxyl groups excluding tert-OH is 1. The number of aromatic nitrogens is 1. The average Bonchev–Trinajstić information content (AvgIpc) is 2.67. The van der Waals surface area contributed by atoms with Gasteiger partial charge in [-0.2, -0.15) is 0 Å². The molecule has 1 fully saturated rings. The van der Waals surface area contributed by atoms with E-state index in [1.807, 2.05) is 19.1 Å². The zero-order valence-corrected chi connectivity index (χ0v) is 15.8. The number of rotatable bonds is 6. The summed E-state index contributed by atoms with van der Waals surface area (Å²) in [5, 5.41) is 13.3. The van der Waals surface area contributed by atoms with Gasteiger partial charge in [-0.25, -0.2) is 0 Å². The molecule has 1 aromatic carbocycles. The molecule has 2 N–H and O–H groups in total. The Hall–Kier alpha value is -1.98. The molecule has 0 saturated carbocycles. The van der Waals surface area contributed by atoms with Gasteiger partial charge in [-0.3, -0.25) is 9.78 Å². The fourth-order valence-corrected chi connectivity index (χ4v) is 3.74. The Balaban J connectivity index is 1.67. The van der Waals surface area contributed by atoms with Crippen LogP contribution in [0.25, 0.3) is 10.9 Å². The normalized spacial score (nSPS) is 18.2. The van der Waals surface area contributed by atoms with Crippen LogP contribution in [-0.4, -0.2) is 53.7 Å². The van der Waals surface area contributed by atoms with Gasteiger partial charge < -0.3 is 15.3 Å². The van der Waals surface area contributed by atoms with Crippen molar-refractivity contribution in [2.75, 3.05) is 32.8 Å². The first-order valence-electron chi connectivity index (χ1n) is 9.62. The Labute approximate surface area is 155 Å². The minimum absolute atomic E-state index is 0.0375. The van der Waals surface area contributed by atoms with Gasteiger partial charge in [0.1, 0.15) is 0 Å². The monoisotopic (exact) mass is 355 g/mol. The van der Waals surface area contributed by atoms with Crippen molar-refractivity contribution in [3.8, 4) is 0 Å². The summed E-state index contributed by atoms with van der Waals surface area (Å²) in [7, 11) is 0. The molecule has 0 bridgehead atoms. The van der Waals surface area contributed by atoms with E-state index in [4.69, 9.17) is 0 Å². The third-order valence-corrected chi connectivity index (χ3v) is 5.23. The van der Waals surface area contributed by atoms with Crippen LogP contribution < -0.4 is 5.32 Å². The summed E-state index contributed by atoms with van der Waals surface area (Å²) < 4.78 is 0. The smallest absolute Gasteiger partial charge is 0.252 e. The van der Waals surface area contributed by atoms with Gasteiger partial charge in [0.05, 0.1) is 11.1 Å². The van der Waals surface area contributed by atoms with Crippen molar-refractivity contribution >= 4 is 16.8 Å². The van der Waals surface area contributed by atoms with E-state index < -0.39 is 0 Å². The summed E-state index contributed by atoms with van der Waals surface area (Å²) >= 11 is 0. The number of piperidine rings is 1. The summed E-state index contributed by atoms with van der Waals surface area (Å²) in [6.07, 6.45) is 3.15. The number of likely N-dealkylation sites (tertiary alicyclic amines) is 1. The Morgan fingerprint density at radius 1 is 1.38 bits per heavy atom. The molecular formula is C21H29N3O2. The molecule has 2 heterocycles. The molecule has 5 heteroatoms. The average molecular weight is 355 g/mol. The lowest BCUT2D eigenvalue weighted by molar-refractivity contribution is 0.0932. The number of pyridine rings is 1. The highest BCUT2D eigenvalue weighted by atomic mass is 16.3. The molecule has 26 heavy (non-hydrogen) atoms. The number of nitrogens with zero attached hydrogens (tertiary/aromatic N) is 2. The van der Waals surface area contributed by atoms with E-state index in [0.717, 1.165) is 55.5 Å². The molecule has 0 radical (unpaired) electrons. The van der Waals surface area contributed by atoms with Gasteiger partial charge in [-0.05, 0) is 62.4 Å². The standard InChI is InChI=1S/C21H29N3O2/c1-3-16-6-7-20-18(12-16)19(11-15(2)23-20)21(26)22-8-10-24-9-4-5-17(13-24)14-25/h6-7,11-12,17,25H,3-5,8-10,13-14H2,1-2H3,(H,22,26)/t17-/m1/s1. The predicted molar refractivity (Wildman–Crippen MR) is 104 cm³/mol. The maximum Gasteiger partial charge on any atom is 0.252 e. The quantitative estimate of drug-likeness (QED) is 0.836. The van der Waals surface area contributed by atoms with Crippen LogP contribution in [0.2, 0.25) is 0 Å². The second kappa shape index (κ2) is 8.60. The largest absolute Gasteiger partial charge is 0.396 e. The van der Waals surface area contributed by atoms with Gasteiger partial charge in [-0.1, -0.05) is 13.0 Å². The lowest BCUT2D eigenvalue weighted by Gasteiger charge is -2.31. The highest BCUT2D eigenvalue weighted by molar-refractivity contribution is 6.06. The van der Waals surface area contributed by atoms with Crippen LogP contribution >= 0.6 is 0 Å². The number of carbonyl (C=O) groups is 1. The molecule has 1 aliphatic rings. The molecule has 5 nitrogen and oxygen atoms in total. The second-order valence-electron chi connectivity index (χ2n) is 7.26. The summed E-state index contributed by atoms with van der Waals surface area (Å²) in [6, 6.07) is 8.03. The first-order valence-corrected chi connectivity index (χ1v) is 9.62. The predicted octanol–water partition coefficient (Wildman–Crippen LogP) is 2.54. The van der Waals surface area contributed by atoms with Crippen LogP contribution in [0.5, 0.6) is 0 Å². The van der Waals surface area contributed by atoms with Gasteiger partial charge in [0.15, 0.2) is 0 Å². The number of carbonyl (C=O) groups excluding carboxylic acids is 1. The number of fused-ring (bicyclic) bond motifs is 1. The summed E-state index contributed by atoms with van der Waals surface area (Å²) in [4.78, 5) is 19.7. The summed E-state index contributed by atoms with van der Waals surface area (Å²) in [6.45, 7) is 7.70. The van der Waals surface area contributed by atoms with Crippen molar-refractivity contribution < 1.29 is 9.90 Å². The fourth-order valence-electron chi connectivity index (χ4n) is 3.74. The highest BCUT2D eigenvalue weighted by Gasteiger charge is 2.19. The highest BCUT2D eigenvalue weighted by Crippen LogP contribution is 2.21. The van der Waals surface area contributed by atoms with E-state index >= 15 is 0 Å². The fraction of sp³-hybridized carbons (Fsp3) is 0.524. The van der Waals surface area contributed by atoms with E-state index in [2.05, 4.69) is 34.3 Å². The number of amides is 1. The van der Waals surface area contributed by atoms with Gasteiger partial charge in [0.2, 0.25) is 0 Å². The lowest BCUT2D eigenvalue weighted by atomic mass is 9.99. The van der Waals surface area contributed by atoms with E-state index in [0.29, 0.717) is 18.0 Å². The maximum atomic E-state index is 12.8. The molecule has 1 saturated heterocycles. The van der Waals surface area contributed by atoms with Gasteiger partial charge in [0, 0.05) is 37.3 Å². The molecule has 2 aromatic rings. The van der Waals surface area contributed by atoms with Crippen LogP contribution in [0.15, 0.2) is 24.3 Å². The lowest BCUT2D eigenvalue weighted by Crippen LogP contribution is -2.41. The van der Waals surface area contributed by atoms with Crippen LogP contribution in [0, 0.1) is 12.8 Å². The molecule has 1 aliphatic heterocycles. The number of hydrogen-bond acceptors (Lipinski definition) is 4. The second-order valence-corrected chi connectivity index (χ2v) is 7.26. The molecule has 0 spiro atoms.